The Hall–Kier alpha value is -3.69. The average Bonchev–Trinajstić information content (AvgIpc) is 3.34. The van der Waals surface area contributed by atoms with Gasteiger partial charge < -0.3 is 4.84 Å². The first kappa shape index (κ1) is 26.9. The summed E-state index contributed by atoms with van der Waals surface area (Å²) in [5.41, 5.74) is 4.62. The third kappa shape index (κ3) is 6.49. The largest absolute Gasteiger partial charge is 0.367 e. The second kappa shape index (κ2) is 12.0. The average molecular weight is 518 g/mol. The van der Waals surface area contributed by atoms with E-state index in [0.29, 0.717) is 12.5 Å². The standard InChI is InChI=1S/C36H39NO2/c1-36(2,3)35(38)39-37-26-31(34(29-20-12-6-13-21-29)30-22-14-7-15-23-30)24-32(37)25-33(27-16-8-4-9-17-27)28-18-10-5-11-19-28/h4-23,31-34H,24-26H2,1-3H3. The van der Waals surface area contributed by atoms with Gasteiger partial charge in [0.15, 0.2) is 0 Å². The summed E-state index contributed by atoms with van der Waals surface area (Å²) in [4.78, 5) is 19.4. The van der Waals surface area contributed by atoms with Gasteiger partial charge in [-0.3, -0.25) is 0 Å². The zero-order valence-electron chi connectivity index (χ0n) is 23.2. The monoisotopic (exact) mass is 517 g/mol. The number of carbonyl (C=O) groups excluding carboxylic acids is 1. The van der Waals surface area contributed by atoms with Gasteiger partial charge in [0.2, 0.25) is 0 Å². The molecule has 0 spiro atoms. The summed E-state index contributed by atoms with van der Waals surface area (Å²) < 4.78 is 0. The molecule has 4 aromatic rings. The van der Waals surface area contributed by atoms with E-state index in [9.17, 15) is 4.79 Å². The number of benzene rings is 4. The van der Waals surface area contributed by atoms with E-state index < -0.39 is 5.41 Å². The van der Waals surface area contributed by atoms with Crippen molar-refractivity contribution < 1.29 is 9.63 Å². The van der Waals surface area contributed by atoms with Gasteiger partial charge in [-0.05, 0) is 61.8 Å². The van der Waals surface area contributed by atoms with E-state index in [-0.39, 0.29) is 23.8 Å². The van der Waals surface area contributed by atoms with Crippen molar-refractivity contribution >= 4 is 5.97 Å². The maximum Gasteiger partial charge on any atom is 0.330 e. The lowest BCUT2D eigenvalue weighted by Gasteiger charge is -2.29. The summed E-state index contributed by atoms with van der Waals surface area (Å²) in [6.45, 7) is 6.47. The smallest absolute Gasteiger partial charge is 0.330 e. The molecule has 5 rings (SSSR count). The van der Waals surface area contributed by atoms with Crippen LogP contribution in [0.5, 0.6) is 0 Å². The Kier molecular flexibility index (Phi) is 8.28. The lowest BCUT2D eigenvalue weighted by atomic mass is 9.78. The van der Waals surface area contributed by atoms with Crippen molar-refractivity contribution in [1.29, 1.82) is 0 Å². The van der Waals surface area contributed by atoms with Crippen molar-refractivity contribution in [3.63, 3.8) is 0 Å². The van der Waals surface area contributed by atoms with Gasteiger partial charge in [-0.25, -0.2) is 4.79 Å². The van der Waals surface area contributed by atoms with Gasteiger partial charge >= 0.3 is 5.97 Å². The minimum atomic E-state index is -0.570. The lowest BCUT2D eigenvalue weighted by Crippen LogP contribution is -2.37. The second-order valence-corrected chi connectivity index (χ2v) is 11.8. The van der Waals surface area contributed by atoms with E-state index >= 15 is 0 Å². The SMILES string of the molecule is CC(C)(C)C(=O)ON1CC(C(c2ccccc2)c2ccccc2)CC1CC(c1ccccc1)c1ccccc1. The van der Waals surface area contributed by atoms with Gasteiger partial charge in [0.25, 0.3) is 0 Å². The van der Waals surface area contributed by atoms with Crippen LogP contribution in [0, 0.1) is 11.3 Å². The number of hydroxylamine groups is 2. The van der Waals surface area contributed by atoms with Crippen LogP contribution < -0.4 is 0 Å². The molecular weight excluding hydrogens is 478 g/mol. The molecule has 0 aliphatic carbocycles. The number of nitrogens with zero attached hydrogens (tertiary/aromatic N) is 1. The highest BCUT2D eigenvalue weighted by atomic mass is 16.7. The Morgan fingerprint density at radius 2 is 1.13 bits per heavy atom. The second-order valence-electron chi connectivity index (χ2n) is 11.8. The van der Waals surface area contributed by atoms with Crippen LogP contribution in [-0.2, 0) is 9.63 Å². The van der Waals surface area contributed by atoms with Crippen LogP contribution >= 0.6 is 0 Å². The highest BCUT2D eigenvalue weighted by molar-refractivity contribution is 5.75. The Labute approximate surface area is 233 Å². The molecule has 1 fully saturated rings. The topological polar surface area (TPSA) is 29.5 Å². The van der Waals surface area contributed by atoms with Gasteiger partial charge in [0.05, 0.1) is 5.41 Å². The highest BCUT2D eigenvalue weighted by Gasteiger charge is 2.42. The predicted molar refractivity (Wildman–Crippen MR) is 158 cm³/mol. The van der Waals surface area contributed by atoms with Crippen molar-refractivity contribution in [2.45, 2.75) is 51.5 Å². The normalized spacial score (nSPS) is 18.0. The minimum Gasteiger partial charge on any atom is -0.367 e. The molecule has 1 heterocycles. The van der Waals surface area contributed by atoms with Crippen molar-refractivity contribution in [2.24, 2.45) is 11.3 Å². The zero-order valence-corrected chi connectivity index (χ0v) is 23.2. The van der Waals surface area contributed by atoms with Crippen LogP contribution in [0.15, 0.2) is 121 Å². The fourth-order valence-electron chi connectivity index (χ4n) is 5.90. The summed E-state index contributed by atoms with van der Waals surface area (Å²) in [6.07, 6.45) is 1.82. The summed E-state index contributed by atoms with van der Waals surface area (Å²) in [5, 5.41) is 2.01. The molecule has 0 saturated carbocycles. The fraction of sp³-hybridized carbons (Fsp3) is 0.306. The van der Waals surface area contributed by atoms with E-state index in [1.54, 1.807) is 0 Å². The number of rotatable bonds is 8. The molecule has 4 aromatic carbocycles. The Morgan fingerprint density at radius 1 is 0.718 bits per heavy atom. The molecule has 1 saturated heterocycles. The van der Waals surface area contributed by atoms with E-state index in [1.807, 2.05) is 25.8 Å². The summed E-state index contributed by atoms with van der Waals surface area (Å²) >= 11 is 0. The number of carbonyl (C=O) groups is 1. The molecule has 1 aliphatic rings. The highest BCUT2D eigenvalue weighted by Crippen LogP contribution is 2.43. The molecule has 39 heavy (non-hydrogen) atoms. The van der Waals surface area contributed by atoms with Gasteiger partial charge in [-0.15, -0.1) is 5.06 Å². The minimum absolute atomic E-state index is 0.0987. The third-order valence-electron chi connectivity index (χ3n) is 7.91. The summed E-state index contributed by atoms with van der Waals surface area (Å²) in [6, 6.07) is 43.1. The summed E-state index contributed by atoms with van der Waals surface area (Å²) in [5.74, 6) is 0.555. The molecule has 200 valence electrons. The molecule has 0 aromatic heterocycles. The quantitative estimate of drug-likeness (QED) is 0.236. The molecule has 0 N–H and O–H groups in total. The fourth-order valence-corrected chi connectivity index (χ4v) is 5.90. The van der Waals surface area contributed by atoms with E-state index in [0.717, 1.165) is 12.8 Å². The molecule has 0 radical (unpaired) electrons. The molecule has 2 atom stereocenters. The van der Waals surface area contributed by atoms with Gasteiger partial charge in [0.1, 0.15) is 0 Å². The molecule has 0 bridgehead atoms. The Balaban J connectivity index is 1.50. The molecule has 2 unspecified atom stereocenters. The van der Waals surface area contributed by atoms with Crippen molar-refractivity contribution in [3.05, 3.63) is 144 Å². The third-order valence-corrected chi connectivity index (χ3v) is 7.91. The first-order valence-corrected chi connectivity index (χ1v) is 14.1. The lowest BCUT2D eigenvalue weighted by molar-refractivity contribution is -0.205. The molecule has 1 aliphatic heterocycles. The van der Waals surface area contributed by atoms with Crippen molar-refractivity contribution in [3.8, 4) is 0 Å². The first-order valence-electron chi connectivity index (χ1n) is 14.1. The maximum absolute atomic E-state index is 13.1. The van der Waals surface area contributed by atoms with Gasteiger partial charge in [0, 0.05) is 24.4 Å². The van der Waals surface area contributed by atoms with Gasteiger partial charge in [-0.1, -0.05) is 121 Å². The number of hydrogen-bond donors (Lipinski definition) is 0. The first-order chi connectivity index (χ1) is 18.9. The predicted octanol–water partition coefficient (Wildman–Crippen LogP) is 8.24. The van der Waals surface area contributed by atoms with E-state index in [2.05, 4.69) is 121 Å². The van der Waals surface area contributed by atoms with E-state index in [4.69, 9.17) is 4.84 Å². The molecule has 3 heteroatoms. The summed E-state index contributed by atoms with van der Waals surface area (Å²) in [7, 11) is 0. The van der Waals surface area contributed by atoms with Gasteiger partial charge in [-0.2, -0.15) is 0 Å². The van der Waals surface area contributed by atoms with Crippen LogP contribution in [0.3, 0.4) is 0 Å². The Bertz CT molecular complexity index is 1240. The van der Waals surface area contributed by atoms with Crippen LogP contribution in [0.2, 0.25) is 0 Å². The zero-order chi connectivity index (χ0) is 27.2. The molecule has 0 amide bonds. The van der Waals surface area contributed by atoms with Crippen LogP contribution in [0.4, 0.5) is 0 Å². The van der Waals surface area contributed by atoms with Crippen molar-refractivity contribution in [1.82, 2.24) is 5.06 Å². The number of hydrogen-bond acceptors (Lipinski definition) is 3. The van der Waals surface area contributed by atoms with Crippen LogP contribution in [0.25, 0.3) is 0 Å². The van der Waals surface area contributed by atoms with Crippen molar-refractivity contribution in [2.75, 3.05) is 6.54 Å². The van der Waals surface area contributed by atoms with Crippen LogP contribution in [0.1, 0.15) is 67.7 Å². The van der Waals surface area contributed by atoms with E-state index in [1.165, 1.54) is 22.3 Å². The molecule has 3 nitrogen and oxygen atoms in total. The maximum atomic E-state index is 13.1. The van der Waals surface area contributed by atoms with Crippen LogP contribution in [-0.4, -0.2) is 23.6 Å². The molecular formula is C36H39NO2. The Morgan fingerprint density at radius 3 is 1.54 bits per heavy atom.